The molecule has 3 rings (SSSR count). The van der Waals surface area contributed by atoms with E-state index in [9.17, 15) is 23.9 Å². The first kappa shape index (κ1) is 24.4. The van der Waals surface area contributed by atoms with Crippen LogP contribution >= 0.6 is 0 Å². The van der Waals surface area contributed by atoms with Gasteiger partial charge in [-0.2, -0.15) is 5.10 Å². The third-order valence-electron chi connectivity index (χ3n) is 6.39. The Balaban J connectivity index is 1.90. The molecular formula is C24H31FN4O4. The summed E-state index contributed by atoms with van der Waals surface area (Å²) in [6.07, 6.45) is -0.205. The summed E-state index contributed by atoms with van der Waals surface area (Å²) in [5.41, 5.74) is 1.96. The zero-order chi connectivity index (χ0) is 24.5. The summed E-state index contributed by atoms with van der Waals surface area (Å²) in [5.74, 6) is -1.09. The van der Waals surface area contributed by atoms with Crippen LogP contribution in [0.4, 0.5) is 9.18 Å². The molecule has 0 aliphatic carbocycles. The molecule has 0 bridgehead atoms. The lowest BCUT2D eigenvalue weighted by Gasteiger charge is -2.39. The van der Waals surface area contributed by atoms with E-state index < -0.39 is 29.3 Å². The number of nitrogens with one attached hydrogen (secondary N) is 1. The minimum atomic E-state index is -1.02. The smallest absolute Gasteiger partial charge is 0.407 e. The number of H-pyrrole nitrogens is 1. The molecule has 178 valence electrons. The van der Waals surface area contributed by atoms with Gasteiger partial charge in [-0.3, -0.25) is 9.59 Å². The van der Waals surface area contributed by atoms with Crippen LogP contribution in [0.1, 0.15) is 59.9 Å². The molecule has 1 unspecified atom stereocenters. The summed E-state index contributed by atoms with van der Waals surface area (Å²) < 4.78 is 14.7. The van der Waals surface area contributed by atoms with Crippen molar-refractivity contribution in [1.29, 1.82) is 0 Å². The first-order chi connectivity index (χ1) is 15.4. The van der Waals surface area contributed by atoms with Crippen molar-refractivity contribution in [1.82, 2.24) is 20.0 Å². The molecule has 1 aromatic carbocycles. The first-order valence-electron chi connectivity index (χ1n) is 11.0. The number of carboxylic acid groups (broad SMARTS) is 1. The van der Waals surface area contributed by atoms with E-state index in [2.05, 4.69) is 10.2 Å². The minimum absolute atomic E-state index is 0.0530. The van der Waals surface area contributed by atoms with Crippen molar-refractivity contribution in [3.05, 3.63) is 62.3 Å². The molecule has 2 amide bonds. The van der Waals surface area contributed by atoms with Crippen LogP contribution in [-0.2, 0) is 6.42 Å². The second-order valence-electron chi connectivity index (χ2n) is 9.70. The van der Waals surface area contributed by atoms with Crippen LogP contribution in [0.5, 0.6) is 0 Å². The van der Waals surface area contributed by atoms with Gasteiger partial charge in [-0.25, -0.2) is 14.3 Å². The fourth-order valence-corrected chi connectivity index (χ4v) is 4.20. The highest BCUT2D eigenvalue weighted by molar-refractivity contribution is 5.94. The van der Waals surface area contributed by atoms with Crippen LogP contribution in [0.2, 0.25) is 0 Å². The van der Waals surface area contributed by atoms with E-state index in [1.165, 1.54) is 17.0 Å². The number of carbonyl (C=O) groups excluding carboxylic acids is 1. The van der Waals surface area contributed by atoms with Gasteiger partial charge >= 0.3 is 6.09 Å². The van der Waals surface area contributed by atoms with Crippen molar-refractivity contribution in [3.63, 3.8) is 0 Å². The highest BCUT2D eigenvalue weighted by Crippen LogP contribution is 2.28. The number of hydrogen-bond donors (Lipinski definition) is 2. The molecule has 1 aliphatic rings. The third-order valence-corrected chi connectivity index (χ3v) is 6.39. The van der Waals surface area contributed by atoms with E-state index in [1.54, 1.807) is 24.8 Å². The monoisotopic (exact) mass is 458 g/mol. The Kier molecular flexibility index (Phi) is 6.90. The molecule has 0 radical (unpaired) electrons. The zero-order valence-electron chi connectivity index (χ0n) is 19.7. The Bertz CT molecular complexity index is 1120. The van der Waals surface area contributed by atoms with Crippen LogP contribution in [0.25, 0.3) is 0 Å². The summed E-state index contributed by atoms with van der Waals surface area (Å²) >= 11 is 0. The van der Waals surface area contributed by atoms with Crippen molar-refractivity contribution < 1.29 is 19.1 Å². The Hall–Kier alpha value is -3.23. The van der Waals surface area contributed by atoms with Gasteiger partial charge in [-0.05, 0) is 48.9 Å². The van der Waals surface area contributed by atoms with Gasteiger partial charge in [0.15, 0.2) is 0 Å². The second kappa shape index (κ2) is 9.33. The number of nitrogens with zero attached hydrogens (tertiary/aromatic N) is 3. The fourth-order valence-electron chi connectivity index (χ4n) is 4.20. The lowest BCUT2D eigenvalue weighted by Crippen LogP contribution is -2.51. The van der Waals surface area contributed by atoms with Gasteiger partial charge in [0.25, 0.3) is 11.5 Å². The maximum atomic E-state index is 14.7. The lowest BCUT2D eigenvalue weighted by molar-refractivity contribution is 0.0594. The van der Waals surface area contributed by atoms with E-state index in [4.69, 9.17) is 0 Å². The maximum absolute atomic E-state index is 14.7. The van der Waals surface area contributed by atoms with Crippen LogP contribution in [0.15, 0.2) is 23.0 Å². The summed E-state index contributed by atoms with van der Waals surface area (Å²) in [6.45, 7) is 10.2. The molecular weight excluding hydrogens is 427 g/mol. The van der Waals surface area contributed by atoms with Gasteiger partial charge in [0.1, 0.15) is 5.82 Å². The number of halogens is 1. The summed E-state index contributed by atoms with van der Waals surface area (Å²) in [6, 6.07) is 3.97. The Labute approximate surface area is 192 Å². The highest BCUT2D eigenvalue weighted by atomic mass is 19.1. The van der Waals surface area contributed by atoms with Crippen LogP contribution in [0, 0.1) is 25.1 Å². The molecule has 8 nitrogen and oxygen atoms in total. The summed E-state index contributed by atoms with van der Waals surface area (Å²) in [7, 11) is 0. The molecule has 2 aromatic rings. The van der Waals surface area contributed by atoms with E-state index in [1.807, 2.05) is 20.8 Å². The Morgan fingerprint density at radius 2 is 1.91 bits per heavy atom. The predicted octanol–water partition coefficient (Wildman–Crippen LogP) is 3.36. The molecule has 0 saturated carbocycles. The highest BCUT2D eigenvalue weighted by Gasteiger charge is 2.38. The molecule has 1 saturated heterocycles. The maximum Gasteiger partial charge on any atom is 0.407 e. The number of aromatic amines is 1. The summed E-state index contributed by atoms with van der Waals surface area (Å²) in [5, 5.41) is 16.2. The fraction of sp³-hybridized carbons (Fsp3) is 0.500. The molecule has 1 fully saturated rings. The van der Waals surface area contributed by atoms with E-state index in [0.29, 0.717) is 42.8 Å². The van der Waals surface area contributed by atoms with Gasteiger partial charge in [0.2, 0.25) is 0 Å². The second-order valence-corrected chi connectivity index (χ2v) is 9.70. The van der Waals surface area contributed by atoms with Gasteiger partial charge in [0, 0.05) is 31.6 Å². The molecule has 1 aliphatic heterocycles. The number of aromatic nitrogens is 2. The normalized spacial score (nSPS) is 17.1. The number of carbonyl (C=O) groups is 2. The van der Waals surface area contributed by atoms with E-state index >= 15 is 0 Å². The minimum Gasteiger partial charge on any atom is -0.465 e. The SMILES string of the molecule is Cc1c(Cc2ccc(F)c(C(=O)N3CCCN(C(=O)O)C(C(C)(C)C)C3)c2)n[nH]c(=O)c1C. The molecule has 2 heterocycles. The number of amides is 2. The van der Waals surface area contributed by atoms with Crippen molar-refractivity contribution in [2.24, 2.45) is 5.41 Å². The first-order valence-corrected chi connectivity index (χ1v) is 11.0. The summed E-state index contributed by atoms with van der Waals surface area (Å²) in [4.78, 5) is 39.8. The third kappa shape index (κ3) is 5.23. The standard InChI is InChI=1S/C24H31FN4O4/c1-14-15(2)21(30)27-26-19(14)12-16-7-8-18(25)17(11-16)22(31)28-9-6-10-29(23(32)33)20(13-28)24(3,4)5/h7-8,11,20H,6,9-10,12-13H2,1-5H3,(H,27,30)(H,32,33). The zero-order valence-corrected chi connectivity index (χ0v) is 19.7. The largest absolute Gasteiger partial charge is 0.465 e. The number of benzene rings is 1. The molecule has 0 spiro atoms. The van der Waals surface area contributed by atoms with E-state index in [-0.39, 0.29) is 17.7 Å². The van der Waals surface area contributed by atoms with E-state index in [0.717, 1.165) is 5.56 Å². The molecule has 9 heteroatoms. The molecule has 2 N–H and O–H groups in total. The van der Waals surface area contributed by atoms with Crippen molar-refractivity contribution in [3.8, 4) is 0 Å². The van der Waals surface area contributed by atoms with Crippen LogP contribution in [0.3, 0.4) is 0 Å². The molecule has 33 heavy (non-hydrogen) atoms. The van der Waals surface area contributed by atoms with Gasteiger partial charge in [-0.15, -0.1) is 0 Å². The Morgan fingerprint density at radius 1 is 1.21 bits per heavy atom. The van der Waals surface area contributed by atoms with Crippen molar-refractivity contribution in [2.45, 2.75) is 53.5 Å². The Morgan fingerprint density at radius 3 is 2.55 bits per heavy atom. The van der Waals surface area contributed by atoms with Crippen molar-refractivity contribution >= 4 is 12.0 Å². The topological polar surface area (TPSA) is 107 Å². The predicted molar refractivity (Wildman–Crippen MR) is 122 cm³/mol. The average molecular weight is 459 g/mol. The van der Waals surface area contributed by atoms with Crippen LogP contribution < -0.4 is 5.56 Å². The average Bonchev–Trinajstić information content (AvgIpc) is 2.98. The van der Waals surface area contributed by atoms with Gasteiger partial charge < -0.3 is 14.9 Å². The van der Waals surface area contributed by atoms with Crippen LogP contribution in [-0.4, -0.2) is 62.8 Å². The molecule has 1 atom stereocenters. The number of rotatable bonds is 3. The van der Waals surface area contributed by atoms with Gasteiger partial charge in [0.05, 0.1) is 17.3 Å². The quantitative estimate of drug-likeness (QED) is 0.734. The van der Waals surface area contributed by atoms with Gasteiger partial charge in [-0.1, -0.05) is 26.8 Å². The molecule has 1 aromatic heterocycles. The van der Waals surface area contributed by atoms with Crippen molar-refractivity contribution in [2.75, 3.05) is 19.6 Å². The number of hydrogen-bond acceptors (Lipinski definition) is 4. The lowest BCUT2D eigenvalue weighted by atomic mass is 9.85.